The van der Waals surface area contributed by atoms with Gasteiger partial charge in [0.2, 0.25) is 0 Å². The predicted octanol–water partition coefficient (Wildman–Crippen LogP) is 3.23. The summed E-state index contributed by atoms with van der Waals surface area (Å²) < 4.78 is 18.5. The van der Waals surface area contributed by atoms with Gasteiger partial charge in [-0.05, 0) is 25.5 Å². The Morgan fingerprint density at radius 3 is 2.82 bits per heavy atom. The molecule has 94 valence electrons. The van der Waals surface area contributed by atoms with Crippen molar-refractivity contribution in [3.63, 3.8) is 0 Å². The molecule has 0 aliphatic rings. The molecule has 1 atom stereocenters. The zero-order chi connectivity index (χ0) is 12.8. The molecule has 3 nitrogen and oxygen atoms in total. The first kappa shape index (κ1) is 13.8. The van der Waals surface area contributed by atoms with Gasteiger partial charge in [0, 0.05) is 0 Å². The molecule has 0 saturated heterocycles. The van der Waals surface area contributed by atoms with Crippen LogP contribution in [0.4, 0.5) is 10.1 Å². The van der Waals surface area contributed by atoms with E-state index in [9.17, 15) is 9.18 Å². The van der Waals surface area contributed by atoms with Gasteiger partial charge in [0.1, 0.15) is 6.04 Å². The summed E-state index contributed by atoms with van der Waals surface area (Å²) in [5.41, 5.74) is 0.206. The molecule has 0 fully saturated rings. The summed E-state index contributed by atoms with van der Waals surface area (Å²) in [5.74, 6) is -0.953. The van der Waals surface area contributed by atoms with Crippen LogP contribution in [0, 0.1) is 5.82 Å². The summed E-state index contributed by atoms with van der Waals surface area (Å²) in [6, 6.07) is 4.03. The zero-order valence-electron chi connectivity index (χ0n) is 9.80. The molecule has 0 aliphatic heterocycles. The second kappa shape index (κ2) is 6.45. The van der Waals surface area contributed by atoms with E-state index in [4.69, 9.17) is 16.3 Å². The van der Waals surface area contributed by atoms with E-state index in [0.29, 0.717) is 13.0 Å². The molecule has 1 rings (SSSR count). The van der Waals surface area contributed by atoms with Gasteiger partial charge < -0.3 is 10.1 Å². The third-order valence-electron chi connectivity index (χ3n) is 2.26. The Kier molecular flexibility index (Phi) is 5.22. The van der Waals surface area contributed by atoms with Crippen LogP contribution in [-0.2, 0) is 9.53 Å². The van der Waals surface area contributed by atoms with Crippen LogP contribution in [0.2, 0.25) is 5.02 Å². The minimum Gasteiger partial charge on any atom is -0.464 e. The van der Waals surface area contributed by atoms with Crippen molar-refractivity contribution in [3.8, 4) is 0 Å². The van der Waals surface area contributed by atoms with Crippen LogP contribution in [0.1, 0.15) is 20.3 Å². The van der Waals surface area contributed by atoms with Crippen LogP contribution in [0.5, 0.6) is 0 Å². The van der Waals surface area contributed by atoms with Crippen molar-refractivity contribution < 1.29 is 13.9 Å². The Bertz CT molecular complexity index is 398. The maximum Gasteiger partial charge on any atom is 0.328 e. The normalized spacial score (nSPS) is 12.0. The summed E-state index contributed by atoms with van der Waals surface area (Å²) in [6.45, 7) is 3.84. The minimum atomic E-state index is -0.567. The molecule has 0 spiro atoms. The van der Waals surface area contributed by atoms with Gasteiger partial charge in [0.25, 0.3) is 0 Å². The van der Waals surface area contributed by atoms with Crippen molar-refractivity contribution in [2.24, 2.45) is 0 Å². The highest BCUT2D eigenvalue weighted by Crippen LogP contribution is 2.23. The molecule has 17 heavy (non-hydrogen) atoms. The molecular weight excluding hydrogens is 245 g/mol. The lowest BCUT2D eigenvalue weighted by atomic mass is 10.2. The van der Waals surface area contributed by atoms with E-state index in [2.05, 4.69) is 5.32 Å². The second-order valence-corrected chi connectivity index (χ2v) is 3.87. The molecule has 1 aromatic carbocycles. The third kappa shape index (κ3) is 3.60. The first-order valence-electron chi connectivity index (χ1n) is 5.47. The molecule has 1 aromatic rings. The van der Waals surface area contributed by atoms with Gasteiger partial charge in [0.05, 0.1) is 17.3 Å². The number of carbonyl (C=O) groups excluding carboxylic acids is 1. The van der Waals surface area contributed by atoms with Crippen molar-refractivity contribution in [2.45, 2.75) is 26.3 Å². The fourth-order valence-corrected chi connectivity index (χ4v) is 1.55. The first-order chi connectivity index (χ1) is 8.10. The van der Waals surface area contributed by atoms with Crippen LogP contribution >= 0.6 is 11.6 Å². The molecule has 1 unspecified atom stereocenters. The highest BCUT2D eigenvalue weighted by molar-refractivity contribution is 6.31. The number of hydrogen-bond donors (Lipinski definition) is 1. The van der Waals surface area contributed by atoms with E-state index in [-0.39, 0.29) is 10.7 Å². The molecular formula is C12H15ClFNO2. The number of carbonyl (C=O) groups is 1. The molecule has 5 heteroatoms. The number of nitrogens with one attached hydrogen (secondary N) is 1. The van der Waals surface area contributed by atoms with E-state index in [1.165, 1.54) is 12.1 Å². The standard InChI is InChI=1S/C12H15ClFNO2/c1-3-9(12(16)17-4-2)15-10-7-5-6-8(13)11(10)14/h5-7,9,15H,3-4H2,1-2H3. The topological polar surface area (TPSA) is 38.3 Å². The predicted molar refractivity (Wildman–Crippen MR) is 65.7 cm³/mol. The number of hydrogen-bond acceptors (Lipinski definition) is 3. The Labute approximate surface area is 105 Å². The largest absolute Gasteiger partial charge is 0.464 e. The highest BCUT2D eigenvalue weighted by atomic mass is 35.5. The maximum atomic E-state index is 13.6. The maximum absolute atomic E-state index is 13.6. The van der Waals surface area contributed by atoms with Crippen LogP contribution in [0.15, 0.2) is 18.2 Å². The van der Waals surface area contributed by atoms with Crippen molar-refractivity contribution >= 4 is 23.3 Å². The lowest BCUT2D eigenvalue weighted by Crippen LogP contribution is -2.31. The summed E-state index contributed by atoms with van der Waals surface area (Å²) >= 11 is 5.65. The van der Waals surface area contributed by atoms with Crippen LogP contribution in [0.25, 0.3) is 0 Å². The quantitative estimate of drug-likeness (QED) is 0.825. The third-order valence-corrected chi connectivity index (χ3v) is 2.55. The Morgan fingerprint density at radius 1 is 1.53 bits per heavy atom. The molecule has 0 aliphatic carbocycles. The van der Waals surface area contributed by atoms with Gasteiger partial charge in [-0.1, -0.05) is 24.6 Å². The number of benzene rings is 1. The monoisotopic (exact) mass is 259 g/mol. The van der Waals surface area contributed by atoms with Crippen molar-refractivity contribution in [1.82, 2.24) is 0 Å². The molecule has 1 N–H and O–H groups in total. The Balaban J connectivity index is 2.80. The zero-order valence-corrected chi connectivity index (χ0v) is 10.6. The van der Waals surface area contributed by atoms with Gasteiger partial charge in [-0.3, -0.25) is 0 Å². The van der Waals surface area contributed by atoms with Crippen LogP contribution in [-0.4, -0.2) is 18.6 Å². The van der Waals surface area contributed by atoms with Gasteiger partial charge in [-0.25, -0.2) is 9.18 Å². The van der Waals surface area contributed by atoms with E-state index in [1.807, 2.05) is 6.92 Å². The minimum absolute atomic E-state index is 0.0220. The van der Waals surface area contributed by atoms with Gasteiger partial charge >= 0.3 is 5.97 Å². The lowest BCUT2D eigenvalue weighted by molar-refractivity contribution is -0.144. The van der Waals surface area contributed by atoms with Crippen molar-refractivity contribution in [2.75, 3.05) is 11.9 Å². The molecule has 0 aromatic heterocycles. The SMILES string of the molecule is CCOC(=O)C(CC)Nc1cccc(Cl)c1F. The molecule has 0 saturated carbocycles. The number of anilines is 1. The summed E-state index contributed by atoms with van der Waals surface area (Å²) in [6.07, 6.45) is 0.505. The van der Waals surface area contributed by atoms with Crippen molar-refractivity contribution in [1.29, 1.82) is 0 Å². The number of esters is 1. The summed E-state index contributed by atoms with van der Waals surface area (Å²) in [4.78, 5) is 11.5. The van der Waals surface area contributed by atoms with Crippen LogP contribution in [0.3, 0.4) is 0 Å². The smallest absolute Gasteiger partial charge is 0.328 e. The summed E-state index contributed by atoms with van der Waals surface area (Å²) in [7, 11) is 0. The molecule has 0 amide bonds. The van der Waals surface area contributed by atoms with Crippen LogP contribution < -0.4 is 5.32 Å². The average molecular weight is 260 g/mol. The van der Waals surface area contributed by atoms with Gasteiger partial charge in [-0.15, -0.1) is 0 Å². The molecule has 0 radical (unpaired) electrons. The number of rotatable bonds is 5. The number of ether oxygens (including phenoxy) is 1. The summed E-state index contributed by atoms with van der Waals surface area (Å²) in [5, 5.41) is 2.81. The Morgan fingerprint density at radius 2 is 2.24 bits per heavy atom. The van der Waals surface area contributed by atoms with Gasteiger partial charge in [-0.2, -0.15) is 0 Å². The Hall–Kier alpha value is -1.29. The second-order valence-electron chi connectivity index (χ2n) is 3.46. The van der Waals surface area contributed by atoms with Gasteiger partial charge in [0.15, 0.2) is 5.82 Å². The highest BCUT2D eigenvalue weighted by Gasteiger charge is 2.19. The average Bonchev–Trinajstić information content (AvgIpc) is 2.31. The van der Waals surface area contributed by atoms with E-state index in [1.54, 1.807) is 13.0 Å². The fourth-order valence-electron chi connectivity index (χ4n) is 1.37. The first-order valence-corrected chi connectivity index (χ1v) is 5.85. The molecule has 0 heterocycles. The molecule has 0 bridgehead atoms. The van der Waals surface area contributed by atoms with E-state index < -0.39 is 17.8 Å². The van der Waals surface area contributed by atoms with E-state index >= 15 is 0 Å². The van der Waals surface area contributed by atoms with Crippen molar-refractivity contribution in [3.05, 3.63) is 29.0 Å². The lowest BCUT2D eigenvalue weighted by Gasteiger charge is -2.17. The number of halogens is 2. The fraction of sp³-hybridized carbons (Fsp3) is 0.417. The van der Waals surface area contributed by atoms with E-state index in [0.717, 1.165) is 0 Å².